The third-order valence-electron chi connectivity index (χ3n) is 2.38. The van der Waals surface area contributed by atoms with E-state index >= 15 is 0 Å². The number of nitrogens with one attached hydrogen (secondary N) is 1. The Balaban J connectivity index is 2.20. The summed E-state index contributed by atoms with van der Waals surface area (Å²) in [5.74, 6) is 0.787. The number of aryl methyl sites for hydroxylation is 1. The molecule has 4 nitrogen and oxygen atoms in total. The lowest BCUT2D eigenvalue weighted by molar-refractivity contribution is 0.0765. The summed E-state index contributed by atoms with van der Waals surface area (Å²) < 4.78 is 5.47. The van der Waals surface area contributed by atoms with Gasteiger partial charge in [0.25, 0.3) is 0 Å². The van der Waals surface area contributed by atoms with Crippen LogP contribution >= 0.6 is 0 Å². The Kier molecular flexibility index (Phi) is 5.77. The molecule has 0 aliphatic heterocycles. The van der Waals surface area contributed by atoms with Crippen molar-refractivity contribution in [2.45, 2.75) is 39.7 Å². The van der Waals surface area contributed by atoms with E-state index in [-0.39, 0.29) is 0 Å². The number of hydrogen-bond donors (Lipinski definition) is 2. The number of aromatic nitrogens is 1. The van der Waals surface area contributed by atoms with E-state index in [1.54, 1.807) is 0 Å². The molecular weight excluding hydrogens is 214 g/mol. The average Bonchev–Trinajstić information content (AvgIpc) is 2.27. The van der Waals surface area contributed by atoms with Gasteiger partial charge in [0, 0.05) is 18.8 Å². The summed E-state index contributed by atoms with van der Waals surface area (Å²) >= 11 is 0. The van der Waals surface area contributed by atoms with Gasteiger partial charge in [0.1, 0.15) is 5.82 Å². The van der Waals surface area contributed by atoms with Gasteiger partial charge in [0.05, 0.1) is 11.8 Å². The van der Waals surface area contributed by atoms with Gasteiger partial charge < -0.3 is 15.8 Å². The fraction of sp³-hybridized carbons (Fsp3) is 0.615. The van der Waals surface area contributed by atoms with E-state index in [4.69, 9.17) is 10.5 Å². The molecule has 1 aromatic rings. The average molecular weight is 237 g/mol. The molecule has 0 atom stereocenters. The number of nitrogen functional groups attached to an aromatic ring is 1. The molecule has 0 bridgehead atoms. The Labute approximate surface area is 104 Å². The minimum atomic E-state index is 0.317. The van der Waals surface area contributed by atoms with E-state index in [0.717, 1.165) is 37.5 Å². The topological polar surface area (TPSA) is 60.2 Å². The standard InChI is InChI=1S/C13H23N3O/c1-10(2)17-9-5-4-8-15-13-12(14)7-6-11(3)16-13/h6-7,10H,4-5,8-9,14H2,1-3H3,(H,15,16). The van der Waals surface area contributed by atoms with Crippen LogP contribution in [0.1, 0.15) is 32.4 Å². The number of pyridine rings is 1. The smallest absolute Gasteiger partial charge is 0.149 e. The van der Waals surface area contributed by atoms with Crippen LogP contribution in [0.3, 0.4) is 0 Å². The lowest BCUT2D eigenvalue weighted by Gasteiger charge is -2.10. The van der Waals surface area contributed by atoms with Crippen molar-refractivity contribution in [2.24, 2.45) is 0 Å². The maximum atomic E-state index is 5.82. The second kappa shape index (κ2) is 7.12. The predicted molar refractivity (Wildman–Crippen MR) is 72.2 cm³/mol. The molecule has 1 heterocycles. The van der Waals surface area contributed by atoms with Crippen LogP contribution in [0.4, 0.5) is 11.5 Å². The Bertz CT molecular complexity index is 339. The SMILES string of the molecule is Cc1ccc(N)c(NCCCCOC(C)C)n1. The first kappa shape index (κ1) is 13.8. The zero-order valence-corrected chi connectivity index (χ0v) is 11.0. The summed E-state index contributed by atoms with van der Waals surface area (Å²) in [6.07, 6.45) is 2.43. The number of anilines is 2. The lowest BCUT2D eigenvalue weighted by atomic mass is 10.3. The second-order valence-corrected chi connectivity index (χ2v) is 4.44. The van der Waals surface area contributed by atoms with Crippen LogP contribution < -0.4 is 11.1 Å². The van der Waals surface area contributed by atoms with Gasteiger partial charge in [0.2, 0.25) is 0 Å². The van der Waals surface area contributed by atoms with Crippen molar-refractivity contribution in [2.75, 3.05) is 24.2 Å². The van der Waals surface area contributed by atoms with Gasteiger partial charge in [-0.05, 0) is 45.7 Å². The van der Waals surface area contributed by atoms with Crippen LogP contribution in [-0.4, -0.2) is 24.2 Å². The first-order valence-electron chi connectivity index (χ1n) is 6.18. The molecule has 1 aromatic heterocycles. The summed E-state index contributed by atoms with van der Waals surface area (Å²) in [7, 11) is 0. The lowest BCUT2D eigenvalue weighted by Crippen LogP contribution is -2.09. The molecule has 3 N–H and O–H groups in total. The van der Waals surface area contributed by atoms with E-state index in [1.165, 1.54) is 0 Å². The highest BCUT2D eigenvalue weighted by Crippen LogP contribution is 2.15. The van der Waals surface area contributed by atoms with Gasteiger partial charge in [-0.1, -0.05) is 0 Å². The Morgan fingerprint density at radius 2 is 2.12 bits per heavy atom. The molecule has 0 spiro atoms. The van der Waals surface area contributed by atoms with Crippen LogP contribution in [0, 0.1) is 6.92 Å². The Morgan fingerprint density at radius 3 is 2.82 bits per heavy atom. The van der Waals surface area contributed by atoms with E-state index in [0.29, 0.717) is 11.8 Å². The minimum Gasteiger partial charge on any atom is -0.396 e. The van der Waals surface area contributed by atoms with Crippen LogP contribution in [0.5, 0.6) is 0 Å². The van der Waals surface area contributed by atoms with E-state index in [9.17, 15) is 0 Å². The summed E-state index contributed by atoms with van der Waals surface area (Å²) in [5, 5.41) is 3.25. The molecule has 4 heteroatoms. The highest BCUT2D eigenvalue weighted by atomic mass is 16.5. The summed E-state index contributed by atoms with van der Waals surface area (Å²) in [6, 6.07) is 3.80. The summed E-state index contributed by atoms with van der Waals surface area (Å²) in [5.41, 5.74) is 7.50. The summed E-state index contributed by atoms with van der Waals surface area (Å²) in [6.45, 7) is 7.75. The van der Waals surface area contributed by atoms with Gasteiger partial charge >= 0.3 is 0 Å². The van der Waals surface area contributed by atoms with Gasteiger partial charge in [-0.15, -0.1) is 0 Å². The predicted octanol–water partition coefficient (Wildman–Crippen LogP) is 2.59. The Hall–Kier alpha value is -1.29. The van der Waals surface area contributed by atoms with Crippen LogP contribution in [0.25, 0.3) is 0 Å². The normalized spacial score (nSPS) is 10.8. The number of hydrogen-bond acceptors (Lipinski definition) is 4. The highest BCUT2D eigenvalue weighted by molar-refractivity contribution is 5.61. The van der Waals surface area contributed by atoms with Crippen molar-refractivity contribution >= 4 is 11.5 Å². The van der Waals surface area contributed by atoms with E-state index in [1.807, 2.05) is 19.1 Å². The molecule has 0 saturated carbocycles. The largest absolute Gasteiger partial charge is 0.396 e. The van der Waals surface area contributed by atoms with Gasteiger partial charge in [0.15, 0.2) is 0 Å². The second-order valence-electron chi connectivity index (χ2n) is 4.44. The van der Waals surface area contributed by atoms with Crippen LogP contribution in [0.15, 0.2) is 12.1 Å². The zero-order chi connectivity index (χ0) is 12.7. The van der Waals surface area contributed by atoms with Crippen molar-refractivity contribution in [3.8, 4) is 0 Å². The summed E-state index contributed by atoms with van der Waals surface area (Å²) in [4.78, 5) is 4.35. The van der Waals surface area contributed by atoms with Crippen molar-refractivity contribution in [1.82, 2.24) is 4.98 Å². The maximum Gasteiger partial charge on any atom is 0.149 e. The molecule has 96 valence electrons. The molecule has 0 aromatic carbocycles. The molecule has 0 amide bonds. The molecule has 0 saturated heterocycles. The molecule has 0 unspecified atom stereocenters. The number of nitrogens with two attached hydrogens (primary N) is 1. The first-order valence-corrected chi connectivity index (χ1v) is 6.18. The molecule has 0 aliphatic carbocycles. The molecule has 0 radical (unpaired) electrons. The third kappa shape index (κ3) is 5.54. The first-order chi connectivity index (χ1) is 8.09. The van der Waals surface area contributed by atoms with Crippen molar-refractivity contribution in [3.05, 3.63) is 17.8 Å². The number of rotatable bonds is 7. The van der Waals surface area contributed by atoms with Gasteiger partial charge in [-0.25, -0.2) is 4.98 Å². The highest BCUT2D eigenvalue weighted by Gasteiger charge is 2.00. The zero-order valence-electron chi connectivity index (χ0n) is 11.0. The Morgan fingerprint density at radius 1 is 1.35 bits per heavy atom. The third-order valence-corrected chi connectivity index (χ3v) is 2.38. The minimum absolute atomic E-state index is 0.317. The number of ether oxygens (including phenoxy) is 1. The fourth-order valence-electron chi connectivity index (χ4n) is 1.46. The monoisotopic (exact) mass is 237 g/mol. The van der Waals surface area contributed by atoms with Crippen LogP contribution in [-0.2, 0) is 4.74 Å². The van der Waals surface area contributed by atoms with Gasteiger partial charge in [-0.3, -0.25) is 0 Å². The van der Waals surface area contributed by atoms with E-state index < -0.39 is 0 Å². The van der Waals surface area contributed by atoms with Crippen LogP contribution in [0.2, 0.25) is 0 Å². The van der Waals surface area contributed by atoms with Crippen molar-refractivity contribution < 1.29 is 4.74 Å². The van der Waals surface area contributed by atoms with Crippen molar-refractivity contribution in [3.63, 3.8) is 0 Å². The van der Waals surface area contributed by atoms with Crippen molar-refractivity contribution in [1.29, 1.82) is 0 Å². The number of unbranched alkanes of at least 4 members (excludes halogenated alkanes) is 1. The molecule has 0 aliphatic rings. The fourth-order valence-corrected chi connectivity index (χ4v) is 1.46. The molecule has 17 heavy (non-hydrogen) atoms. The molecule has 1 rings (SSSR count). The van der Waals surface area contributed by atoms with Gasteiger partial charge in [-0.2, -0.15) is 0 Å². The molecule has 0 fully saturated rings. The number of nitrogens with zero attached hydrogens (tertiary/aromatic N) is 1. The quantitative estimate of drug-likeness (QED) is 0.716. The molecular formula is C13H23N3O. The van der Waals surface area contributed by atoms with E-state index in [2.05, 4.69) is 24.1 Å². The maximum absolute atomic E-state index is 5.82.